The third-order valence-electron chi connectivity index (χ3n) is 5.27. The number of carbonyl (C=O) groups is 2. The monoisotopic (exact) mass is 380 g/mol. The van der Waals surface area contributed by atoms with Crippen LogP contribution in [0.1, 0.15) is 41.3 Å². The fourth-order valence-corrected chi connectivity index (χ4v) is 4.89. The molecule has 140 valence electrons. The Balaban J connectivity index is 1.60. The highest BCUT2D eigenvalue weighted by molar-refractivity contribution is 8.00. The molecule has 1 unspecified atom stereocenters. The fraction of sp³-hybridized carbons (Fsp3) is 0.364. The minimum absolute atomic E-state index is 0.0701. The zero-order valence-corrected chi connectivity index (χ0v) is 16.5. The van der Waals surface area contributed by atoms with Crippen LogP contribution in [0.25, 0.3) is 0 Å². The normalized spacial score (nSPS) is 19.9. The molecule has 0 radical (unpaired) electrons. The van der Waals surface area contributed by atoms with Crippen LogP contribution >= 0.6 is 11.8 Å². The molecule has 0 aromatic heterocycles. The van der Waals surface area contributed by atoms with Gasteiger partial charge in [0.25, 0.3) is 0 Å². The van der Waals surface area contributed by atoms with Crippen LogP contribution in [0.4, 0.5) is 11.4 Å². The fourth-order valence-electron chi connectivity index (χ4n) is 3.72. The van der Waals surface area contributed by atoms with Crippen LogP contribution in [0.15, 0.2) is 42.5 Å². The molecule has 0 bridgehead atoms. The maximum absolute atomic E-state index is 12.6. The Kier molecular flexibility index (Phi) is 4.96. The van der Waals surface area contributed by atoms with E-state index in [0.29, 0.717) is 5.75 Å². The average molecular weight is 381 g/mol. The van der Waals surface area contributed by atoms with E-state index in [9.17, 15) is 9.59 Å². The van der Waals surface area contributed by atoms with Crippen LogP contribution in [0, 0.1) is 19.8 Å². The maximum atomic E-state index is 12.6. The molecule has 1 N–H and O–H groups in total. The minimum atomic E-state index is -0.0701. The van der Waals surface area contributed by atoms with E-state index in [1.165, 1.54) is 0 Å². The van der Waals surface area contributed by atoms with Crippen LogP contribution in [-0.4, -0.2) is 17.6 Å². The van der Waals surface area contributed by atoms with E-state index in [-0.39, 0.29) is 23.1 Å². The highest BCUT2D eigenvalue weighted by Crippen LogP contribution is 2.42. The topological polar surface area (TPSA) is 49.4 Å². The molecule has 2 amide bonds. The number of benzene rings is 2. The number of aryl methyl sites for hydroxylation is 2. The molecule has 5 heteroatoms. The first-order valence-electron chi connectivity index (χ1n) is 9.44. The third-order valence-corrected chi connectivity index (χ3v) is 6.48. The molecule has 1 aliphatic heterocycles. The summed E-state index contributed by atoms with van der Waals surface area (Å²) in [5.74, 6) is 0.859. The molecule has 0 spiro atoms. The van der Waals surface area contributed by atoms with E-state index in [4.69, 9.17) is 0 Å². The predicted molar refractivity (Wildman–Crippen MR) is 111 cm³/mol. The average Bonchev–Trinajstić information content (AvgIpc) is 2.94. The predicted octanol–water partition coefficient (Wildman–Crippen LogP) is 4.82. The van der Waals surface area contributed by atoms with Crippen molar-refractivity contribution in [2.75, 3.05) is 16.0 Å². The number of nitrogens with one attached hydrogen (secondary N) is 1. The maximum Gasteiger partial charge on any atom is 0.238 e. The zero-order valence-electron chi connectivity index (χ0n) is 15.7. The van der Waals surface area contributed by atoms with Gasteiger partial charge in [-0.2, -0.15) is 0 Å². The van der Waals surface area contributed by atoms with Crippen molar-refractivity contribution in [3.63, 3.8) is 0 Å². The van der Waals surface area contributed by atoms with Gasteiger partial charge in [-0.15, -0.1) is 11.8 Å². The molecule has 1 atom stereocenters. The molecule has 1 aliphatic carbocycles. The molecule has 2 fully saturated rings. The summed E-state index contributed by atoms with van der Waals surface area (Å²) in [5, 5.41) is 2.97. The number of hydrogen-bond donors (Lipinski definition) is 1. The lowest BCUT2D eigenvalue weighted by Gasteiger charge is -2.26. The van der Waals surface area contributed by atoms with Crippen molar-refractivity contribution in [1.29, 1.82) is 0 Å². The van der Waals surface area contributed by atoms with Crippen LogP contribution in [0.3, 0.4) is 0 Å². The molecule has 2 aromatic rings. The van der Waals surface area contributed by atoms with E-state index in [2.05, 4.69) is 37.4 Å². The van der Waals surface area contributed by atoms with Gasteiger partial charge in [-0.1, -0.05) is 24.6 Å². The molecule has 4 rings (SSSR count). The van der Waals surface area contributed by atoms with E-state index >= 15 is 0 Å². The summed E-state index contributed by atoms with van der Waals surface area (Å²) in [6.07, 6.45) is 3.11. The quantitative estimate of drug-likeness (QED) is 0.827. The Labute approximate surface area is 164 Å². The van der Waals surface area contributed by atoms with Crippen molar-refractivity contribution in [2.24, 2.45) is 5.92 Å². The highest BCUT2D eigenvalue weighted by Gasteiger charge is 2.34. The Hall–Kier alpha value is -2.27. The van der Waals surface area contributed by atoms with Gasteiger partial charge >= 0.3 is 0 Å². The minimum Gasteiger partial charge on any atom is -0.326 e. The van der Waals surface area contributed by atoms with E-state index < -0.39 is 0 Å². The zero-order chi connectivity index (χ0) is 19.0. The highest BCUT2D eigenvalue weighted by atomic mass is 32.2. The Morgan fingerprint density at radius 1 is 1.11 bits per heavy atom. The lowest BCUT2D eigenvalue weighted by atomic mass is 9.85. The second-order valence-electron chi connectivity index (χ2n) is 7.52. The molecular formula is C22H24N2O2S. The number of hydrogen-bond acceptors (Lipinski definition) is 3. The first-order chi connectivity index (χ1) is 13.0. The van der Waals surface area contributed by atoms with Gasteiger partial charge in [-0.25, -0.2) is 0 Å². The number of rotatable bonds is 4. The number of amides is 2. The van der Waals surface area contributed by atoms with E-state index in [0.717, 1.165) is 47.3 Å². The summed E-state index contributed by atoms with van der Waals surface area (Å²) in [4.78, 5) is 26.8. The third kappa shape index (κ3) is 3.74. The van der Waals surface area contributed by atoms with Gasteiger partial charge in [0.05, 0.1) is 5.75 Å². The Morgan fingerprint density at radius 2 is 1.85 bits per heavy atom. The standard InChI is InChI=1S/C22H24N2O2S/c1-14-9-15(2)11-19(10-14)24-20(25)13-27-22(24)17-7-4-8-18(12-17)23-21(26)16-5-3-6-16/h4,7-12,16,22H,3,5-6,13H2,1-2H3,(H,23,26). The van der Waals surface area contributed by atoms with Gasteiger partial charge in [-0.3, -0.25) is 14.5 Å². The van der Waals surface area contributed by atoms with Gasteiger partial charge < -0.3 is 5.32 Å². The lowest BCUT2D eigenvalue weighted by molar-refractivity contribution is -0.122. The number of nitrogens with zero attached hydrogens (tertiary/aromatic N) is 1. The Morgan fingerprint density at radius 3 is 2.52 bits per heavy atom. The Bertz CT molecular complexity index is 871. The summed E-state index contributed by atoms with van der Waals surface area (Å²) in [6.45, 7) is 4.10. The smallest absolute Gasteiger partial charge is 0.238 e. The summed E-state index contributed by atoms with van der Waals surface area (Å²) < 4.78 is 0. The van der Waals surface area contributed by atoms with Crippen molar-refractivity contribution in [2.45, 2.75) is 38.5 Å². The molecule has 4 nitrogen and oxygen atoms in total. The largest absolute Gasteiger partial charge is 0.326 e. The van der Waals surface area contributed by atoms with Crippen molar-refractivity contribution in [3.8, 4) is 0 Å². The first kappa shape index (κ1) is 18.1. The van der Waals surface area contributed by atoms with Gasteiger partial charge in [0.1, 0.15) is 5.37 Å². The summed E-state index contributed by atoms with van der Waals surface area (Å²) >= 11 is 1.63. The molecule has 1 saturated carbocycles. The van der Waals surface area contributed by atoms with E-state index in [1.54, 1.807) is 11.8 Å². The summed E-state index contributed by atoms with van der Waals surface area (Å²) in [6, 6.07) is 14.1. The second kappa shape index (κ2) is 7.39. The van der Waals surface area contributed by atoms with Crippen LogP contribution in [0.2, 0.25) is 0 Å². The molecule has 2 aromatic carbocycles. The number of carbonyl (C=O) groups excluding carboxylic acids is 2. The second-order valence-corrected chi connectivity index (χ2v) is 8.58. The molecule has 1 heterocycles. The van der Waals surface area contributed by atoms with Crippen molar-refractivity contribution >= 4 is 35.0 Å². The van der Waals surface area contributed by atoms with Gasteiger partial charge in [0, 0.05) is 17.3 Å². The van der Waals surface area contributed by atoms with Crippen molar-refractivity contribution in [3.05, 3.63) is 59.2 Å². The van der Waals surface area contributed by atoms with Crippen LogP contribution in [0.5, 0.6) is 0 Å². The van der Waals surface area contributed by atoms with Gasteiger partial charge in [0.2, 0.25) is 11.8 Å². The first-order valence-corrected chi connectivity index (χ1v) is 10.5. The number of anilines is 2. The van der Waals surface area contributed by atoms with Crippen LogP contribution < -0.4 is 10.2 Å². The van der Waals surface area contributed by atoms with Crippen molar-refractivity contribution < 1.29 is 9.59 Å². The molecule has 1 saturated heterocycles. The molecular weight excluding hydrogens is 356 g/mol. The number of thioether (sulfide) groups is 1. The van der Waals surface area contributed by atoms with Crippen molar-refractivity contribution in [1.82, 2.24) is 0 Å². The van der Waals surface area contributed by atoms with Gasteiger partial charge in [0.15, 0.2) is 0 Å². The van der Waals surface area contributed by atoms with Crippen LogP contribution in [-0.2, 0) is 9.59 Å². The van der Waals surface area contributed by atoms with Gasteiger partial charge in [-0.05, 0) is 67.6 Å². The molecule has 2 aliphatic rings. The SMILES string of the molecule is Cc1cc(C)cc(N2C(=O)CSC2c2cccc(NC(=O)C3CCC3)c2)c1. The summed E-state index contributed by atoms with van der Waals surface area (Å²) in [7, 11) is 0. The lowest BCUT2D eigenvalue weighted by Crippen LogP contribution is -2.29. The molecule has 27 heavy (non-hydrogen) atoms. The summed E-state index contributed by atoms with van der Waals surface area (Å²) in [5.41, 5.74) is 5.09. The van der Waals surface area contributed by atoms with E-state index in [1.807, 2.05) is 29.2 Å².